The lowest BCUT2D eigenvalue weighted by atomic mass is 9.85. The highest BCUT2D eigenvalue weighted by Crippen LogP contribution is 2.33. The molecule has 1 amide bonds. The predicted octanol–water partition coefficient (Wildman–Crippen LogP) is 6.64. The highest BCUT2D eigenvalue weighted by Gasteiger charge is 2.33. The van der Waals surface area contributed by atoms with Crippen molar-refractivity contribution in [1.29, 1.82) is 0 Å². The van der Waals surface area contributed by atoms with E-state index in [1.807, 2.05) is 26.0 Å². The molecule has 0 radical (unpaired) electrons. The van der Waals surface area contributed by atoms with Gasteiger partial charge in [-0.2, -0.15) is 4.31 Å². The van der Waals surface area contributed by atoms with E-state index in [0.29, 0.717) is 32.0 Å². The Labute approximate surface area is 253 Å². The second-order valence-electron chi connectivity index (χ2n) is 11.3. The molecule has 0 unspecified atom stereocenters. The minimum atomic E-state index is -3.71. The highest BCUT2D eigenvalue weighted by atomic mass is 35.5. The molecule has 0 spiro atoms. The number of sulfonamides is 1. The summed E-state index contributed by atoms with van der Waals surface area (Å²) >= 11 is 12.2. The molecule has 1 aliphatic rings. The van der Waals surface area contributed by atoms with E-state index in [4.69, 9.17) is 32.7 Å². The highest BCUT2D eigenvalue weighted by molar-refractivity contribution is 7.89. The van der Waals surface area contributed by atoms with Crippen molar-refractivity contribution in [3.05, 3.63) is 86.4 Å². The molecular formula is C31H36Cl2N2O5S. The molecule has 7 nitrogen and oxygen atoms in total. The maximum atomic E-state index is 13.6. The summed E-state index contributed by atoms with van der Waals surface area (Å²) in [5.41, 5.74) is 3.69. The van der Waals surface area contributed by atoms with Gasteiger partial charge in [0.15, 0.2) is 11.5 Å². The van der Waals surface area contributed by atoms with Gasteiger partial charge in [0.05, 0.1) is 12.0 Å². The van der Waals surface area contributed by atoms with E-state index in [0.717, 1.165) is 22.3 Å². The predicted molar refractivity (Wildman–Crippen MR) is 163 cm³/mol. The van der Waals surface area contributed by atoms with E-state index in [9.17, 15) is 13.2 Å². The Morgan fingerprint density at radius 1 is 0.902 bits per heavy atom. The number of carbonyl (C=O) groups is 1. The van der Waals surface area contributed by atoms with Gasteiger partial charge in [-0.25, -0.2) is 8.42 Å². The minimum absolute atomic E-state index is 0.0821. The normalized spacial score (nSPS) is 14.7. The molecule has 220 valence electrons. The maximum absolute atomic E-state index is 13.6. The molecular weight excluding hydrogens is 583 g/mol. The second kappa shape index (κ2) is 12.2. The monoisotopic (exact) mass is 618 g/mol. The summed E-state index contributed by atoms with van der Waals surface area (Å²) in [6.07, 6.45) is 0. The number of carbonyl (C=O) groups excluding carboxylic acids is 1. The Bertz CT molecular complexity index is 1540. The third-order valence-corrected chi connectivity index (χ3v) is 10.1. The van der Waals surface area contributed by atoms with E-state index >= 15 is 0 Å². The van der Waals surface area contributed by atoms with Crippen LogP contribution in [-0.2, 0) is 22.0 Å². The largest absolute Gasteiger partial charge is 0.493 e. The van der Waals surface area contributed by atoms with E-state index < -0.39 is 10.0 Å². The fourth-order valence-corrected chi connectivity index (χ4v) is 7.24. The molecule has 1 heterocycles. The summed E-state index contributed by atoms with van der Waals surface area (Å²) in [4.78, 5) is 15.3. The first-order valence-corrected chi connectivity index (χ1v) is 15.6. The zero-order valence-corrected chi connectivity index (χ0v) is 26.6. The first kappa shape index (κ1) is 31.2. The summed E-state index contributed by atoms with van der Waals surface area (Å²) in [5.74, 6) is 0.676. The van der Waals surface area contributed by atoms with Crippen LogP contribution in [-0.4, -0.2) is 56.8 Å². The van der Waals surface area contributed by atoms with Crippen LogP contribution in [0.4, 0.5) is 0 Å². The fourth-order valence-electron chi connectivity index (χ4n) is 4.95. The van der Waals surface area contributed by atoms with Gasteiger partial charge >= 0.3 is 0 Å². The number of piperazine rings is 1. The van der Waals surface area contributed by atoms with Crippen LogP contribution < -0.4 is 9.47 Å². The number of hydrogen-bond donors (Lipinski definition) is 0. The van der Waals surface area contributed by atoms with Crippen molar-refractivity contribution in [3.8, 4) is 11.5 Å². The van der Waals surface area contributed by atoms with Crippen LogP contribution in [0, 0.1) is 13.8 Å². The first-order chi connectivity index (χ1) is 19.2. The van der Waals surface area contributed by atoms with Crippen LogP contribution in [0.3, 0.4) is 0 Å². The zero-order chi connectivity index (χ0) is 30.1. The van der Waals surface area contributed by atoms with Gasteiger partial charge < -0.3 is 14.4 Å². The summed E-state index contributed by atoms with van der Waals surface area (Å²) < 4.78 is 40.1. The number of methoxy groups -OCH3 is 1. The van der Waals surface area contributed by atoms with Gasteiger partial charge in [-0.15, -0.1) is 0 Å². The van der Waals surface area contributed by atoms with Gasteiger partial charge in [0, 0.05) is 47.4 Å². The Morgan fingerprint density at radius 2 is 1.54 bits per heavy atom. The molecule has 0 aromatic heterocycles. The van der Waals surface area contributed by atoms with Gasteiger partial charge in [-0.05, 0) is 66.3 Å². The SMILES string of the molecule is COc1cc(C(=O)N2CCN(S(=O)(=O)c3c(C)cc(C(C)(C)C)cc3C)CC2)ccc1OCc1ccc(Cl)cc1Cl. The smallest absolute Gasteiger partial charge is 0.254 e. The number of halogens is 2. The topological polar surface area (TPSA) is 76.2 Å². The van der Waals surface area contributed by atoms with Crippen molar-refractivity contribution < 1.29 is 22.7 Å². The molecule has 3 aromatic carbocycles. The lowest BCUT2D eigenvalue weighted by Crippen LogP contribution is -2.50. The van der Waals surface area contributed by atoms with Crippen LogP contribution in [0.5, 0.6) is 11.5 Å². The van der Waals surface area contributed by atoms with Crippen LogP contribution in [0.1, 0.15) is 53.4 Å². The molecule has 1 saturated heterocycles. The number of amides is 1. The summed E-state index contributed by atoms with van der Waals surface area (Å²) in [6.45, 7) is 11.2. The molecule has 0 atom stereocenters. The molecule has 41 heavy (non-hydrogen) atoms. The van der Waals surface area contributed by atoms with Crippen LogP contribution >= 0.6 is 23.2 Å². The number of rotatable bonds is 7. The number of hydrogen-bond acceptors (Lipinski definition) is 5. The maximum Gasteiger partial charge on any atom is 0.254 e. The van der Waals surface area contributed by atoms with Gasteiger partial charge in [0.2, 0.25) is 10.0 Å². The van der Waals surface area contributed by atoms with Crippen LogP contribution in [0.25, 0.3) is 0 Å². The van der Waals surface area contributed by atoms with Crippen molar-refractivity contribution >= 4 is 39.1 Å². The van der Waals surface area contributed by atoms with Crippen molar-refractivity contribution in [2.75, 3.05) is 33.3 Å². The van der Waals surface area contributed by atoms with Gasteiger partial charge in [0.25, 0.3) is 5.91 Å². The number of ether oxygens (including phenoxy) is 2. The van der Waals surface area contributed by atoms with E-state index in [1.54, 1.807) is 41.3 Å². The Hall–Kier alpha value is -2.78. The quantitative estimate of drug-likeness (QED) is 0.296. The number of aryl methyl sites for hydroxylation is 2. The molecule has 1 fully saturated rings. The van der Waals surface area contributed by atoms with Crippen molar-refractivity contribution in [3.63, 3.8) is 0 Å². The molecule has 0 saturated carbocycles. The number of benzene rings is 3. The molecule has 0 N–H and O–H groups in total. The molecule has 3 aromatic rings. The zero-order valence-electron chi connectivity index (χ0n) is 24.3. The second-order valence-corrected chi connectivity index (χ2v) is 14.0. The molecule has 0 aliphatic carbocycles. The van der Waals surface area contributed by atoms with Gasteiger partial charge in [-0.1, -0.05) is 62.2 Å². The third kappa shape index (κ3) is 6.83. The van der Waals surface area contributed by atoms with Crippen LogP contribution in [0.15, 0.2) is 53.4 Å². The van der Waals surface area contributed by atoms with Crippen LogP contribution in [0.2, 0.25) is 10.0 Å². The average molecular weight is 620 g/mol. The first-order valence-electron chi connectivity index (χ1n) is 13.4. The molecule has 0 bridgehead atoms. The van der Waals surface area contributed by atoms with Crippen molar-refractivity contribution in [2.24, 2.45) is 0 Å². The fraction of sp³-hybridized carbons (Fsp3) is 0.387. The number of nitrogens with zero attached hydrogens (tertiary/aromatic N) is 2. The van der Waals surface area contributed by atoms with E-state index in [2.05, 4.69) is 20.8 Å². The van der Waals surface area contributed by atoms with Crippen molar-refractivity contribution in [2.45, 2.75) is 51.5 Å². The van der Waals surface area contributed by atoms with Crippen molar-refractivity contribution in [1.82, 2.24) is 9.21 Å². The Morgan fingerprint density at radius 3 is 2.10 bits per heavy atom. The lowest BCUT2D eigenvalue weighted by Gasteiger charge is -2.35. The van der Waals surface area contributed by atoms with Gasteiger partial charge in [-0.3, -0.25) is 4.79 Å². The lowest BCUT2D eigenvalue weighted by molar-refractivity contribution is 0.0697. The summed E-state index contributed by atoms with van der Waals surface area (Å²) in [7, 11) is -2.20. The van der Waals surface area contributed by atoms with Gasteiger partial charge in [0.1, 0.15) is 6.61 Å². The van der Waals surface area contributed by atoms with E-state index in [1.165, 1.54) is 11.4 Å². The Kier molecular flexibility index (Phi) is 9.29. The summed E-state index contributed by atoms with van der Waals surface area (Å²) in [5, 5.41) is 1.04. The molecule has 10 heteroatoms. The standard InChI is InChI=1S/C31H36Cl2N2O5S/c1-20-15-24(31(3,4)5)16-21(2)29(20)41(37,38)35-13-11-34(12-14-35)30(36)22-8-10-27(28(17-22)39-6)40-19-23-7-9-25(32)18-26(23)33/h7-10,15-18H,11-14,19H2,1-6H3. The Balaban J connectivity index is 1.44. The minimum Gasteiger partial charge on any atom is -0.493 e. The third-order valence-electron chi connectivity index (χ3n) is 7.26. The molecule has 4 rings (SSSR count). The molecule has 1 aliphatic heterocycles. The summed E-state index contributed by atoms with van der Waals surface area (Å²) in [6, 6.07) is 14.1. The average Bonchev–Trinajstić information content (AvgIpc) is 2.91. The van der Waals surface area contributed by atoms with E-state index in [-0.39, 0.29) is 44.1 Å².